The van der Waals surface area contributed by atoms with Crippen LogP contribution in [0.2, 0.25) is 0 Å². The van der Waals surface area contributed by atoms with E-state index in [2.05, 4.69) is 26.0 Å². The number of likely N-dealkylation sites (tertiary alicyclic amines) is 1. The number of hydrogen-bond donors (Lipinski definition) is 1. The summed E-state index contributed by atoms with van der Waals surface area (Å²) in [5.41, 5.74) is 1.16. The number of carboxylic acids is 1. The van der Waals surface area contributed by atoms with E-state index in [1.54, 1.807) is 0 Å². The van der Waals surface area contributed by atoms with Crippen molar-refractivity contribution < 1.29 is 14.7 Å². The first-order valence-electron chi connectivity index (χ1n) is 9.03. The summed E-state index contributed by atoms with van der Waals surface area (Å²) in [6, 6.07) is 10.1. The Hall–Kier alpha value is -1.84. The van der Waals surface area contributed by atoms with Crippen LogP contribution < -0.4 is 0 Å². The number of benzene rings is 1. The Kier molecular flexibility index (Phi) is 4.93. The second kappa shape index (κ2) is 6.96. The van der Waals surface area contributed by atoms with Crippen LogP contribution >= 0.6 is 0 Å². The molecule has 1 aromatic carbocycles. The average molecular weight is 329 g/mol. The molecule has 0 radical (unpaired) electrons. The molecule has 1 saturated heterocycles. The van der Waals surface area contributed by atoms with E-state index in [4.69, 9.17) is 0 Å². The van der Waals surface area contributed by atoms with Crippen LogP contribution in [0.1, 0.15) is 32.3 Å². The molecule has 1 saturated carbocycles. The van der Waals surface area contributed by atoms with Crippen molar-refractivity contribution in [2.75, 3.05) is 13.1 Å². The normalized spacial score (nSPS) is 25.0. The van der Waals surface area contributed by atoms with Gasteiger partial charge >= 0.3 is 5.97 Å². The molecule has 2 aliphatic rings. The number of carboxylic acid groups (broad SMARTS) is 1. The third-order valence-corrected chi connectivity index (χ3v) is 5.64. The van der Waals surface area contributed by atoms with Gasteiger partial charge in [-0.05, 0) is 42.6 Å². The fraction of sp³-hybridized carbons (Fsp3) is 0.600. The minimum Gasteiger partial charge on any atom is -0.481 e. The molecule has 1 aliphatic carbocycles. The van der Waals surface area contributed by atoms with Crippen LogP contribution in [0.25, 0.3) is 0 Å². The molecule has 0 spiro atoms. The number of carbonyl (C=O) groups is 2. The highest BCUT2D eigenvalue weighted by Crippen LogP contribution is 2.44. The van der Waals surface area contributed by atoms with Gasteiger partial charge in [0.2, 0.25) is 5.91 Å². The van der Waals surface area contributed by atoms with Crippen molar-refractivity contribution in [1.29, 1.82) is 0 Å². The van der Waals surface area contributed by atoms with Gasteiger partial charge in [-0.1, -0.05) is 44.2 Å². The Bertz CT molecular complexity index is 594. The summed E-state index contributed by atoms with van der Waals surface area (Å²) >= 11 is 0. The van der Waals surface area contributed by atoms with Gasteiger partial charge in [-0.25, -0.2) is 0 Å². The zero-order valence-electron chi connectivity index (χ0n) is 14.5. The summed E-state index contributed by atoms with van der Waals surface area (Å²) in [6.45, 7) is 5.16. The molecule has 0 bridgehead atoms. The third kappa shape index (κ3) is 3.63. The van der Waals surface area contributed by atoms with E-state index in [-0.39, 0.29) is 29.6 Å². The van der Waals surface area contributed by atoms with Crippen molar-refractivity contribution in [3.8, 4) is 0 Å². The monoisotopic (exact) mass is 329 g/mol. The predicted octanol–water partition coefficient (Wildman–Crippen LogP) is 3.07. The lowest BCUT2D eigenvalue weighted by Crippen LogP contribution is -2.38. The summed E-state index contributed by atoms with van der Waals surface area (Å²) in [5, 5.41) is 9.50. The van der Waals surface area contributed by atoms with Crippen LogP contribution in [-0.2, 0) is 16.0 Å². The van der Waals surface area contributed by atoms with Crippen molar-refractivity contribution in [1.82, 2.24) is 4.90 Å². The standard InChI is InChI=1S/C20H27NO3/c1-13(2)16(10-14-6-4-3-5-7-14)19(22)21-11-17(15-8-9-15)18(12-21)20(23)24/h3-7,13,15-18H,8-12H2,1-2H3,(H,23,24)/t16?,17-,18+/m1/s1. The van der Waals surface area contributed by atoms with E-state index in [1.807, 2.05) is 23.1 Å². The Morgan fingerprint density at radius 1 is 1.17 bits per heavy atom. The van der Waals surface area contributed by atoms with Crippen LogP contribution in [0.15, 0.2) is 30.3 Å². The Morgan fingerprint density at radius 2 is 1.83 bits per heavy atom. The quantitative estimate of drug-likeness (QED) is 0.872. The molecule has 3 rings (SSSR count). The minimum absolute atomic E-state index is 0.0835. The van der Waals surface area contributed by atoms with Crippen molar-refractivity contribution in [3.05, 3.63) is 35.9 Å². The van der Waals surface area contributed by atoms with E-state index in [0.29, 0.717) is 19.0 Å². The van der Waals surface area contributed by atoms with E-state index in [0.717, 1.165) is 24.8 Å². The summed E-state index contributed by atoms with van der Waals surface area (Å²) in [6.07, 6.45) is 2.96. The summed E-state index contributed by atoms with van der Waals surface area (Å²) in [4.78, 5) is 26.5. The highest BCUT2D eigenvalue weighted by atomic mass is 16.4. The van der Waals surface area contributed by atoms with Gasteiger partial charge < -0.3 is 10.0 Å². The van der Waals surface area contributed by atoms with Crippen molar-refractivity contribution in [3.63, 3.8) is 0 Å². The molecular formula is C20H27NO3. The Balaban J connectivity index is 1.72. The maximum atomic E-state index is 13.1. The van der Waals surface area contributed by atoms with Gasteiger partial charge in [0.25, 0.3) is 0 Å². The van der Waals surface area contributed by atoms with Crippen LogP contribution in [0, 0.1) is 29.6 Å². The molecule has 4 nitrogen and oxygen atoms in total. The Labute approximate surface area is 143 Å². The third-order valence-electron chi connectivity index (χ3n) is 5.64. The lowest BCUT2D eigenvalue weighted by atomic mass is 9.88. The van der Waals surface area contributed by atoms with E-state index in [1.165, 1.54) is 0 Å². The van der Waals surface area contributed by atoms with Gasteiger partial charge in [0.1, 0.15) is 0 Å². The summed E-state index contributed by atoms with van der Waals surface area (Å²) in [7, 11) is 0. The predicted molar refractivity (Wildman–Crippen MR) is 92.4 cm³/mol. The maximum absolute atomic E-state index is 13.1. The molecule has 1 aromatic rings. The number of nitrogens with zero attached hydrogens (tertiary/aromatic N) is 1. The molecular weight excluding hydrogens is 302 g/mol. The molecule has 2 fully saturated rings. The number of amides is 1. The molecule has 130 valence electrons. The fourth-order valence-corrected chi connectivity index (χ4v) is 3.98. The number of rotatable bonds is 6. The fourth-order valence-electron chi connectivity index (χ4n) is 3.98. The SMILES string of the molecule is CC(C)C(Cc1ccccc1)C(=O)N1C[C@H](C(=O)O)[C@@H](C2CC2)C1. The van der Waals surface area contributed by atoms with Crippen LogP contribution in [0.5, 0.6) is 0 Å². The molecule has 24 heavy (non-hydrogen) atoms. The average Bonchev–Trinajstić information content (AvgIpc) is 3.30. The van der Waals surface area contributed by atoms with Crippen LogP contribution in [0.3, 0.4) is 0 Å². The first kappa shape index (κ1) is 17.0. The van der Waals surface area contributed by atoms with Gasteiger partial charge in [0.05, 0.1) is 5.92 Å². The summed E-state index contributed by atoms with van der Waals surface area (Å²) < 4.78 is 0. The molecule has 1 N–H and O–H groups in total. The second-order valence-corrected chi connectivity index (χ2v) is 7.73. The van der Waals surface area contributed by atoms with Gasteiger partial charge in [0.15, 0.2) is 0 Å². The first-order valence-corrected chi connectivity index (χ1v) is 9.03. The first-order chi connectivity index (χ1) is 11.5. The van der Waals surface area contributed by atoms with Crippen molar-refractivity contribution >= 4 is 11.9 Å². The topological polar surface area (TPSA) is 57.6 Å². The summed E-state index contributed by atoms with van der Waals surface area (Å²) in [5.74, 6) is -0.187. The van der Waals surface area contributed by atoms with Gasteiger partial charge in [-0.2, -0.15) is 0 Å². The molecule has 4 heteroatoms. The molecule has 1 aliphatic heterocycles. The lowest BCUT2D eigenvalue weighted by molar-refractivity contribution is -0.143. The van der Waals surface area contributed by atoms with Gasteiger partial charge in [0, 0.05) is 19.0 Å². The van der Waals surface area contributed by atoms with E-state index >= 15 is 0 Å². The zero-order chi connectivity index (χ0) is 17.3. The van der Waals surface area contributed by atoms with E-state index < -0.39 is 5.97 Å². The van der Waals surface area contributed by atoms with Crippen molar-refractivity contribution in [2.24, 2.45) is 29.6 Å². The molecule has 3 atom stereocenters. The van der Waals surface area contributed by atoms with Crippen LogP contribution in [0.4, 0.5) is 0 Å². The smallest absolute Gasteiger partial charge is 0.308 e. The Morgan fingerprint density at radius 3 is 2.38 bits per heavy atom. The molecule has 1 unspecified atom stereocenters. The highest BCUT2D eigenvalue weighted by molar-refractivity contribution is 5.81. The second-order valence-electron chi connectivity index (χ2n) is 7.73. The number of hydrogen-bond acceptors (Lipinski definition) is 2. The van der Waals surface area contributed by atoms with E-state index in [9.17, 15) is 14.7 Å². The number of aliphatic carboxylic acids is 1. The van der Waals surface area contributed by atoms with Crippen LogP contribution in [-0.4, -0.2) is 35.0 Å². The van der Waals surface area contributed by atoms with Gasteiger partial charge in [-0.15, -0.1) is 0 Å². The molecule has 0 aromatic heterocycles. The largest absolute Gasteiger partial charge is 0.481 e. The minimum atomic E-state index is -0.744. The lowest BCUT2D eigenvalue weighted by Gasteiger charge is -2.26. The maximum Gasteiger partial charge on any atom is 0.308 e. The zero-order valence-corrected chi connectivity index (χ0v) is 14.5. The van der Waals surface area contributed by atoms with Crippen molar-refractivity contribution in [2.45, 2.75) is 33.1 Å². The highest BCUT2D eigenvalue weighted by Gasteiger charge is 2.47. The van der Waals surface area contributed by atoms with Gasteiger partial charge in [-0.3, -0.25) is 9.59 Å². The molecule has 1 amide bonds. The molecule has 1 heterocycles. The number of carbonyl (C=O) groups excluding carboxylic acids is 1.